The lowest BCUT2D eigenvalue weighted by molar-refractivity contribution is 0.461. The molecule has 0 aromatic carbocycles. The van der Waals surface area contributed by atoms with Crippen LogP contribution in [0.1, 0.15) is 11.4 Å². The van der Waals surface area contributed by atoms with Crippen molar-refractivity contribution in [1.29, 1.82) is 0 Å². The topological polar surface area (TPSA) is 61.2 Å². The van der Waals surface area contributed by atoms with Gasteiger partial charge < -0.3 is 14.8 Å². The van der Waals surface area contributed by atoms with Gasteiger partial charge in [-0.05, 0) is 28.1 Å². The van der Waals surface area contributed by atoms with E-state index in [1.54, 1.807) is 13.2 Å². The van der Waals surface area contributed by atoms with Gasteiger partial charge in [-0.15, -0.1) is 24.0 Å². The largest absolute Gasteiger partial charge is 0.352 e. The molecule has 2 N–H and O–H groups in total. The number of aryl methyl sites for hydroxylation is 1. The lowest BCUT2D eigenvalue weighted by Gasteiger charge is -2.22. The molecule has 6 nitrogen and oxygen atoms in total. The Morgan fingerprint density at radius 3 is 2.86 bits per heavy atom. The van der Waals surface area contributed by atoms with Crippen LogP contribution in [0.2, 0.25) is 0 Å². The van der Waals surface area contributed by atoms with Crippen LogP contribution >= 0.6 is 39.9 Å². The zero-order valence-corrected chi connectivity index (χ0v) is 16.2. The molecule has 116 valence electrons. The summed E-state index contributed by atoms with van der Waals surface area (Å²) in [5.41, 5.74) is 2.24. The molecular formula is C13H20BrIN6. The number of nitrogens with zero attached hydrogens (tertiary/aromatic N) is 4. The van der Waals surface area contributed by atoms with Gasteiger partial charge in [-0.2, -0.15) is 5.10 Å². The molecule has 0 unspecified atom stereocenters. The first kappa shape index (κ1) is 18.0. The molecule has 0 aliphatic carbocycles. The maximum atomic E-state index is 4.30. The van der Waals surface area contributed by atoms with E-state index in [0.717, 1.165) is 22.7 Å². The Balaban J connectivity index is 0.00000220. The maximum absolute atomic E-state index is 4.30. The van der Waals surface area contributed by atoms with Crippen LogP contribution in [0.4, 0.5) is 0 Å². The minimum atomic E-state index is 0. The third kappa shape index (κ3) is 5.03. The molecule has 2 aromatic rings. The van der Waals surface area contributed by atoms with Crippen LogP contribution in [-0.2, 0) is 20.1 Å². The van der Waals surface area contributed by atoms with E-state index in [0.29, 0.717) is 6.54 Å². The molecule has 0 spiro atoms. The predicted molar refractivity (Wildman–Crippen MR) is 98.8 cm³/mol. The fraction of sp³-hybridized carbons (Fsp3) is 0.385. The molecule has 0 radical (unpaired) electrons. The number of hydrogen-bond acceptors (Lipinski definition) is 2. The smallest absolute Gasteiger partial charge is 0.194 e. The van der Waals surface area contributed by atoms with Gasteiger partial charge in [0.25, 0.3) is 0 Å². The lowest BCUT2D eigenvalue weighted by Crippen LogP contribution is -2.38. The molecule has 0 bridgehead atoms. The highest BCUT2D eigenvalue weighted by Gasteiger charge is 2.09. The Labute approximate surface area is 150 Å². The number of nitrogens with one attached hydrogen (secondary N) is 2. The summed E-state index contributed by atoms with van der Waals surface area (Å²) in [7, 11) is 5.84. The van der Waals surface area contributed by atoms with Crippen molar-refractivity contribution >= 4 is 45.9 Å². The highest BCUT2D eigenvalue weighted by molar-refractivity contribution is 14.0. The molecule has 0 amide bonds. The van der Waals surface area contributed by atoms with Crippen molar-refractivity contribution in [2.75, 3.05) is 14.1 Å². The molecule has 0 aliphatic rings. The Bertz CT molecular complexity index is 578. The van der Waals surface area contributed by atoms with E-state index in [1.807, 2.05) is 26.4 Å². The summed E-state index contributed by atoms with van der Waals surface area (Å²) in [5.74, 6) is 0.844. The number of halogens is 2. The molecule has 2 rings (SSSR count). The Hall–Kier alpha value is -1.03. The summed E-state index contributed by atoms with van der Waals surface area (Å²) in [6.07, 6.45) is 3.79. The number of aromatic nitrogens is 3. The Morgan fingerprint density at radius 2 is 2.33 bits per heavy atom. The first-order valence-corrected chi connectivity index (χ1v) is 7.10. The van der Waals surface area contributed by atoms with Crippen molar-refractivity contribution in [2.45, 2.75) is 13.1 Å². The zero-order valence-electron chi connectivity index (χ0n) is 12.3. The molecule has 8 heteroatoms. The summed E-state index contributed by atoms with van der Waals surface area (Å²) in [6, 6.07) is 4.05. The van der Waals surface area contributed by atoms with Crippen molar-refractivity contribution < 1.29 is 0 Å². The normalized spacial score (nSPS) is 11.1. The van der Waals surface area contributed by atoms with Crippen LogP contribution < -0.4 is 5.32 Å². The van der Waals surface area contributed by atoms with Gasteiger partial charge in [0.15, 0.2) is 5.96 Å². The highest BCUT2D eigenvalue weighted by atomic mass is 127. The summed E-state index contributed by atoms with van der Waals surface area (Å²) >= 11 is 3.49. The van der Waals surface area contributed by atoms with E-state index < -0.39 is 0 Å². The monoisotopic (exact) mass is 466 g/mol. The van der Waals surface area contributed by atoms with Gasteiger partial charge in [0.1, 0.15) is 0 Å². The third-order valence-corrected chi connectivity index (χ3v) is 3.48. The number of aliphatic imine (C=N–C) groups is 1. The average Bonchev–Trinajstić information content (AvgIpc) is 3.01. The highest BCUT2D eigenvalue weighted by Crippen LogP contribution is 2.14. The zero-order chi connectivity index (χ0) is 14.5. The maximum Gasteiger partial charge on any atom is 0.194 e. The first-order chi connectivity index (χ1) is 9.60. The van der Waals surface area contributed by atoms with Gasteiger partial charge in [0, 0.05) is 43.7 Å². The SMILES string of the molecule is CN=C(NCc1ccn[nH]1)N(C)Cc1cc(Br)cn1C.I. The Morgan fingerprint density at radius 1 is 1.57 bits per heavy atom. The van der Waals surface area contributed by atoms with E-state index in [-0.39, 0.29) is 24.0 Å². The Kier molecular flexibility index (Phi) is 7.23. The molecule has 0 aliphatic heterocycles. The number of hydrogen-bond donors (Lipinski definition) is 2. The van der Waals surface area contributed by atoms with Gasteiger partial charge in [-0.1, -0.05) is 0 Å². The second kappa shape index (κ2) is 8.42. The van der Waals surface area contributed by atoms with E-state index >= 15 is 0 Å². The molecule has 0 saturated heterocycles. The third-order valence-electron chi connectivity index (χ3n) is 3.04. The average molecular weight is 467 g/mol. The minimum Gasteiger partial charge on any atom is -0.352 e. The van der Waals surface area contributed by atoms with Crippen LogP contribution in [0.5, 0.6) is 0 Å². The second-order valence-electron chi connectivity index (χ2n) is 4.60. The summed E-state index contributed by atoms with van der Waals surface area (Å²) < 4.78 is 3.19. The van der Waals surface area contributed by atoms with Crippen LogP contribution in [-0.4, -0.2) is 39.7 Å². The fourth-order valence-electron chi connectivity index (χ4n) is 1.98. The number of aromatic amines is 1. The summed E-state index contributed by atoms with van der Waals surface area (Å²) in [6.45, 7) is 1.46. The molecule has 0 saturated carbocycles. The van der Waals surface area contributed by atoms with E-state index in [4.69, 9.17) is 0 Å². The van der Waals surface area contributed by atoms with E-state index in [9.17, 15) is 0 Å². The summed E-state index contributed by atoms with van der Waals surface area (Å²) in [5, 5.41) is 10.1. The molecular weight excluding hydrogens is 447 g/mol. The predicted octanol–water partition coefficient (Wildman–Crippen LogP) is 2.34. The van der Waals surface area contributed by atoms with E-state index in [1.165, 1.54) is 5.69 Å². The minimum absolute atomic E-state index is 0. The second-order valence-corrected chi connectivity index (χ2v) is 5.51. The van der Waals surface area contributed by atoms with Gasteiger partial charge in [-0.3, -0.25) is 10.1 Å². The molecule has 2 heterocycles. The first-order valence-electron chi connectivity index (χ1n) is 6.31. The van der Waals surface area contributed by atoms with Crippen LogP contribution in [0.15, 0.2) is 34.0 Å². The van der Waals surface area contributed by atoms with E-state index in [2.05, 4.69) is 52.0 Å². The van der Waals surface area contributed by atoms with Crippen molar-refractivity contribution in [3.63, 3.8) is 0 Å². The number of rotatable bonds is 4. The van der Waals surface area contributed by atoms with Gasteiger partial charge >= 0.3 is 0 Å². The standard InChI is InChI=1S/C13H19BrN6.HI/c1-15-13(16-7-11-4-5-17-18-11)20(3)9-12-6-10(14)8-19(12)2;/h4-6,8H,7,9H2,1-3H3,(H,15,16)(H,17,18);1H. The van der Waals surface area contributed by atoms with Crippen LogP contribution in [0.3, 0.4) is 0 Å². The van der Waals surface area contributed by atoms with Crippen molar-refractivity contribution in [2.24, 2.45) is 12.0 Å². The fourth-order valence-corrected chi connectivity index (χ4v) is 2.55. The lowest BCUT2D eigenvalue weighted by atomic mass is 10.4. The molecule has 2 aromatic heterocycles. The summed E-state index contributed by atoms with van der Waals surface area (Å²) in [4.78, 5) is 6.38. The van der Waals surface area contributed by atoms with Gasteiger partial charge in [0.2, 0.25) is 0 Å². The van der Waals surface area contributed by atoms with Crippen molar-refractivity contribution in [3.05, 3.63) is 40.4 Å². The quantitative estimate of drug-likeness (QED) is 0.413. The van der Waals surface area contributed by atoms with Crippen LogP contribution in [0, 0.1) is 0 Å². The number of H-pyrrole nitrogens is 1. The van der Waals surface area contributed by atoms with Crippen LogP contribution in [0.25, 0.3) is 0 Å². The molecule has 0 fully saturated rings. The van der Waals surface area contributed by atoms with Gasteiger partial charge in [-0.25, -0.2) is 0 Å². The van der Waals surface area contributed by atoms with Gasteiger partial charge in [0.05, 0.1) is 18.8 Å². The van der Waals surface area contributed by atoms with Crippen molar-refractivity contribution in [3.8, 4) is 0 Å². The number of guanidine groups is 1. The molecule has 0 atom stereocenters. The van der Waals surface area contributed by atoms with Crippen molar-refractivity contribution in [1.82, 2.24) is 25.0 Å². The molecule has 21 heavy (non-hydrogen) atoms.